The Hall–Kier alpha value is -0.0400. The van der Waals surface area contributed by atoms with Crippen LogP contribution in [0.15, 0.2) is 21.1 Å². The molecule has 8 heteroatoms. The van der Waals surface area contributed by atoms with Gasteiger partial charge in [0, 0.05) is 18.0 Å². The van der Waals surface area contributed by atoms with Crippen molar-refractivity contribution in [3.05, 3.63) is 11.1 Å². The van der Waals surface area contributed by atoms with Crippen LogP contribution < -0.4 is 5.32 Å². The minimum absolute atomic E-state index is 0. The van der Waals surface area contributed by atoms with E-state index in [4.69, 9.17) is 0 Å². The zero-order chi connectivity index (χ0) is 11.9. The first-order valence-electron chi connectivity index (χ1n) is 5.77. The normalized spacial score (nSPS) is 22.6. The maximum Gasteiger partial charge on any atom is 0.167 e. The van der Waals surface area contributed by atoms with Crippen LogP contribution in [0.4, 0.5) is 0 Å². The third kappa shape index (κ3) is 3.74. The number of nitrogens with zero attached hydrogens (tertiary/aromatic N) is 3. The van der Waals surface area contributed by atoms with Crippen LogP contribution in [0.2, 0.25) is 0 Å². The minimum Gasteiger partial charge on any atom is -0.358 e. The highest BCUT2D eigenvalue weighted by Crippen LogP contribution is 2.31. The quantitative estimate of drug-likeness (QED) is 0.838. The molecule has 0 unspecified atom stereocenters. The van der Waals surface area contributed by atoms with Crippen molar-refractivity contribution in [3.63, 3.8) is 0 Å². The van der Waals surface area contributed by atoms with E-state index in [1.165, 1.54) is 10.9 Å². The number of halogens is 2. The highest BCUT2D eigenvalue weighted by atomic mass is 35.5. The lowest BCUT2D eigenvalue weighted by Gasteiger charge is -2.19. The van der Waals surface area contributed by atoms with E-state index in [1.54, 1.807) is 23.5 Å². The third-order valence-electron chi connectivity index (χ3n) is 2.87. The van der Waals surface area contributed by atoms with Gasteiger partial charge in [-0.05, 0) is 19.3 Å². The SMILES string of the molecule is CC1(C)CN=C(SCC2=CSC3=NCCN23)N1.Cl.Cl. The average molecular weight is 341 g/mol. The van der Waals surface area contributed by atoms with E-state index in [9.17, 15) is 0 Å². The van der Waals surface area contributed by atoms with E-state index < -0.39 is 0 Å². The number of thioether (sulfide) groups is 2. The van der Waals surface area contributed by atoms with Gasteiger partial charge in [0.15, 0.2) is 10.3 Å². The van der Waals surface area contributed by atoms with Crippen LogP contribution in [-0.4, -0.2) is 46.2 Å². The van der Waals surface area contributed by atoms with Crippen LogP contribution in [0, 0.1) is 0 Å². The Balaban J connectivity index is 0.000000902. The van der Waals surface area contributed by atoms with Gasteiger partial charge in [-0.15, -0.1) is 24.8 Å². The van der Waals surface area contributed by atoms with Crippen molar-refractivity contribution in [3.8, 4) is 0 Å². The van der Waals surface area contributed by atoms with Gasteiger partial charge in [-0.3, -0.25) is 9.98 Å². The van der Waals surface area contributed by atoms with Gasteiger partial charge in [-0.1, -0.05) is 23.5 Å². The molecule has 0 saturated carbocycles. The molecule has 1 N–H and O–H groups in total. The molecule has 0 fully saturated rings. The molecule has 0 bridgehead atoms. The van der Waals surface area contributed by atoms with Gasteiger partial charge in [-0.2, -0.15) is 0 Å². The van der Waals surface area contributed by atoms with Gasteiger partial charge in [0.05, 0.1) is 18.6 Å². The highest BCUT2D eigenvalue weighted by molar-refractivity contribution is 8.17. The number of rotatable bonds is 2. The Kier molecular flexibility index (Phi) is 5.92. The van der Waals surface area contributed by atoms with Crippen LogP contribution in [0.3, 0.4) is 0 Å². The lowest BCUT2D eigenvalue weighted by molar-refractivity contribution is 0.508. The molecule has 4 nitrogen and oxygen atoms in total. The van der Waals surface area contributed by atoms with E-state index in [-0.39, 0.29) is 30.4 Å². The topological polar surface area (TPSA) is 40.0 Å². The summed E-state index contributed by atoms with van der Waals surface area (Å²) in [5, 5.41) is 7.90. The van der Waals surface area contributed by atoms with E-state index in [0.29, 0.717) is 0 Å². The Morgan fingerprint density at radius 2 is 2.21 bits per heavy atom. The smallest absolute Gasteiger partial charge is 0.167 e. The zero-order valence-corrected chi connectivity index (χ0v) is 14.1. The fourth-order valence-corrected chi connectivity index (χ4v) is 4.04. The van der Waals surface area contributed by atoms with E-state index in [1.807, 2.05) is 0 Å². The third-order valence-corrected chi connectivity index (χ3v) is 4.76. The van der Waals surface area contributed by atoms with Crippen molar-refractivity contribution < 1.29 is 0 Å². The van der Waals surface area contributed by atoms with E-state index in [2.05, 4.69) is 39.5 Å². The van der Waals surface area contributed by atoms with Crippen LogP contribution in [0.25, 0.3) is 0 Å². The highest BCUT2D eigenvalue weighted by Gasteiger charge is 2.28. The van der Waals surface area contributed by atoms with Gasteiger partial charge in [0.25, 0.3) is 0 Å². The van der Waals surface area contributed by atoms with Crippen molar-refractivity contribution in [1.29, 1.82) is 0 Å². The Labute approximate surface area is 134 Å². The molecule has 108 valence electrons. The molecule has 0 aromatic heterocycles. The molecule has 3 aliphatic rings. The van der Waals surface area contributed by atoms with Gasteiger partial charge in [0.2, 0.25) is 0 Å². The first-order chi connectivity index (χ1) is 8.14. The van der Waals surface area contributed by atoms with Gasteiger partial charge in [-0.25, -0.2) is 0 Å². The Morgan fingerprint density at radius 3 is 2.89 bits per heavy atom. The zero-order valence-electron chi connectivity index (χ0n) is 10.9. The molecule has 0 spiro atoms. The fourth-order valence-electron chi connectivity index (χ4n) is 1.95. The first-order valence-corrected chi connectivity index (χ1v) is 7.64. The number of fused-ring (bicyclic) bond motifs is 1. The van der Waals surface area contributed by atoms with Gasteiger partial charge in [0.1, 0.15) is 0 Å². The van der Waals surface area contributed by atoms with Crippen LogP contribution in [-0.2, 0) is 0 Å². The van der Waals surface area contributed by atoms with Crippen molar-refractivity contribution >= 4 is 58.7 Å². The predicted octanol–water partition coefficient (Wildman–Crippen LogP) is 2.56. The molecular formula is C11H18Cl2N4S2. The number of hydrogen-bond acceptors (Lipinski definition) is 6. The molecule has 0 aromatic rings. The second kappa shape index (κ2) is 6.61. The summed E-state index contributed by atoms with van der Waals surface area (Å²) in [6, 6.07) is 0. The molecule has 19 heavy (non-hydrogen) atoms. The second-order valence-corrected chi connectivity index (χ2v) is 6.76. The minimum atomic E-state index is 0. The molecule has 3 heterocycles. The summed E-state index contributed by atoms with van der Waals surface area (Å²) in [5.74, 6) is 0.980. The van der Waals surface area contributed by atoms with Crippen molar-refractivity contribution in [1.82, 2.24) is 10.2 Å². The molecule has 0 atom stereocenters. The Morgan fingerprint density at radius 1 is 1.42 bits per heavy atom. The largest absolute Gasteiger partial charge is 0.358 e. The molecule has 0 saturated heterocycles. The maximum atomic E-state index is 4.52. The number of hydrogen-bond donors (Lipinski definition) is 1. The predicted molar refractivity (Wildman–Crippen MR) is 91.2 cm³/mol. The molecule has 0 aromatic carbocycles. The van der Waals surface area contributed by atoms with Crippen molar-refractivity contribution in [2.24, 2.45) is 9.98 Å². The average Bonchev–Trinajstić information content (AvgIpc) is 2.90. The van der Waals surface area contributed by atoms with Crippen LogP contribution in [0.5, 0.6) is 0 Å². The molecular weight excluding hydrogens is 323 g/mol. The Bertz CT molecular complexity index is 434. The summed E-state index contributed by atoms with van der Waals surface area (Å²) >= 11 is 3.54. The lowest BCUT2D eigenvalue weighted by atomic mass is 10.1. The molecule has 3 aliphatic heterocycles. The number of nitrogens with one attached hydrogen (secondary N) is 1. The summed E-state index contributed by atoms with van der Waals surface area (Å²) in [7, 11) is 0. The van der Waals surface area contributed by atoms with Gasteiger partial charge < -0.3 is 10.2 Å². The molecule has 0 amide bonds. The van der Waals surface area contributed by atoms with E-state index in [0.717, 1.165) is 30.6 Å². The standard InChI is InChI=1S/C11H16N4S2.2ClH/c1-11(2)7-13-9(14-11)16-5-8-6-17-10-12-3-4-15(8)10;;/h6H,3-5,7H2,1-2H3,(H,13,14);2*1H. The fraction of sp³-hybridized carbons (Fsp3) is 0.636. The lowest BCUT2D eigenvalue weighted by Crippen LogP contribution is -2.38. The molecule has 3 rings (SSSR count). The van der Waals surface area contributed by atoms with Crippen molar-refractivity contribution in [2.75, 3.05) is 25.4 Å². The molecule has 0 radical (unpaired) electrons. The molecule has 0 aliphatic carbocycles. The van der Waals surface area contributed by atoms with Crippen molar-refractivity contribution in [2.45, 2.75) is 19.4 Å². The van der Waals surface area contributed by atoms with Gasteiger partial charge >= 0.3 is 0 Å². The first kappa shape index (κ1) is 17.0. The van der Waals surface area contributed by atoms with Crippen LogP contribution >= 0.6 is 48.3 Å². The summed E-state index contributed by atoms with van der Waals surface area (Å²) in [6.07, 6.45) is 0. The summed E-state index contributed by atoms with van der Waals surface area (Å²) in [4.78, 5) is 11.3. The maximum absolute atomic E-state index is 4.52. The summed E-state index contributed by atoms with van der Waals surface area (Å²) in [6.45, 7) is 7.22. The monoisotopic (exact) mass is 340 g/mol. The number of aliphatic imine (C=N–C) groups is 2. The summed E-state index contributed by atoms with van der Waals surface area (Å²) < 4.78 is 0. The van der Waals surface area contributed by atoms with E-state index >= 15 is 0 Å². The summed E-state index contributed by atoms with van der Waals surface area (Å²) in [5.41, 5.74) is 1.49. The van der Waals surface area contributed by atoms with Crippen LogP contribution in [0.1, 0.15) is 13.8 Å². The second-order valence-electron chi connectivity index (χ2n) is 4.96. The number of amidine groups is 2.